The molecule has 7 nitrogen and oxygen atoms in total. The van der Waals surface area contributed by atoms with E-state index in [0.29, 0.717) is 19.3 Å². The molecule has 1 aliphatic carbocycles. The van der Waals surface area contributed by atoms with Crippen LogP contribution in [0.3, 0.4) is 0 Å². The van der Waals surface area contributed by atoms with E-state index in [1.807, 2.05) is 0 Å². The maximum atomic E-state index is 11.5. The van der Waals surface area contributed by atoms with Gasteiger partial charge in [0, 0.05) is 6.54 Å². The van der Waals surface area contributed by atoms with Gasteiger partial charge in [-0.2, -0.15) is 0 Å². The Kier molecular flexibility index (Phi) is 4.52. The fraction of sp³-hybridized carbons (Fsp3) is 0.727. The SMILES string of the molecule is Nc1ncn(CC(=O)NCCOC2CCCC2)n1. The molecule has 1 aromatic heterocycles. The van der Waals surface area contributed by atoms with E-state index in [-0.39, 0.29) is 18.4 Å². The number of rotatable bonds is 6. The first-order valence-corrected chi connectivity index (χ1v) is 6.27. The van der Waals surface area contributed by atoms with Crippen LogP contribution in [0.1, 0.15) is 25.7 Å². The van der Waals surface area contributed by atoms with Crippen LogP contribution in [-0.4, -0.2) is 39.9 Å². The lowest BCUT2D eigenvalue weighted by molar-refractivity contribution is -0.122. The van der Waals surface area contributed by atoms with E-state index in [2.05, 4.69) is 15.4 Å². The monoisotopic (exact) mass is 253 g/mol. The van der Waals surface area contributed by atoms with Crippen LogP contribution in [0.4, 0.5) is 5.95 Å². The van der Waals surface area contributed by atoms with Crippen LogP contribution >= 0.6 is 0 Å². The smallest absolute Gasteiger partial charge is 0.241 e. The minimum absolute atomic E-state index is 0.116. The molecular weight excluding hydrogens is 234 g/mol. The van der Waals surface area contributed by atoms with Crippen LogP contribution in [0.2, 0.25) is 0 Å². The van der Waals surface area contributed by atoms with Crippen molar-refractivity contribution in [3.8, 4) is 0 Å². The number of aromatic nitrogens is 3. The van der Waals surface area contributed by atoms with Crippen LogP contribution in [0, 0.1) is 0 Å². The zero-order valence-electron chi connectivity index (χ0n) is 10.3. The Balaban J connectivity index is 1.57. The topological polar surface area (TPSA) is 95.1 Å². The van der Waals surface area contributed by atoms with Gasteiger partial charge in [0.05, 0.1) is 12.7 Å². The van der Waals surface area contributed by atoms with E-state index in [1.54, 1.807) is 0 Å². The number of nitrogens with one attached hydrogen (secondary N) is 1. The van der Waals surface area contributed by atoms with E-state index in [0.717, 1.165) is 12.8 Å². The van der Waals surface area contributed by atoms with Gasteiger partial charge in [0.2, 0.25) is 11.9 Å². The van der Waals surface area contributed by atoms with Crippen LogP contribution in [0.5, 0.6) is 0 Å². The van der Waals surface area contributed by atoms with Crippen molar-refractivity contribution in [2.45, 2.75) is 38.3 Å². The van der Waals surface area contributed by atoms with Gasteiger partial charge in [0.25, 0.3) is 0 Å². The largest absolute Gasteiger partial charge is 0.376 e. The fourth-order valence-electron chi connectivity index (χ4n) is 2.06. The Hall–Kier alpha value is -1.63. The molecule has 0 saturated heterocycles. The second-order valence-electron chi connectivity index (χ2n) is 4.43. The first kappa shape index (κ1) is 12.8. The lowest BCUT2D eigenvalue weighted by atomic mass is 10.3. The third-order valence-corrected chi connectivity index (χ3v) is 2.94. The third-order valence-electron chi connectivity index (χ3n) is 2.94. The molecule has 18 heavy (non-hydrogen) atoms. The minimum atomic E-state index is -0.116. The van der Waals surface area contributed by atoms with Gasteiger partial charge in [-0.1, -0.05) is 12.8 Å². The molecule has 0 atom stereocenters. The van der Waals surface area contributed by atoms with E-state index in [4.69, 9.17) is 10.5 Å². The predicted molar refractivity (Wildman–Crippen MR) is 65.7 cm³/mol. The molecule has 0 aromatic carbocycles. The van der Waals surface area contributed by atoms with Crippen molar-refractivity contribution < 1.29 is 9.53 Å². The molecule has 0 bridgehead atoms. The average Bonchev–Trinajstić information content (AvgIpc) is 2.96. The van der Waals surface area contributed by atoms with Gasteiger partial charge < -0.3 is 15.8 Å². The van der Waals surface area contributed by atoms with Crippen molar-refractivity contribution in [2.75, 3.05) is 18.9 Å². The number of carbonyl (C=O) groups is 1. The highest BCUT2D eigenvalue weighted by Gasteiger charge is 2.14. The third kappa shape index (κ3) is 3.99. The molecule has 1 heterocycles. The average molecular weight is 253 g/mol. The predicted octanol–water partition coefficient (Wildman–Crippen LogP) is -0.0643. The molecule has 1 saturated carbocycles. The Labute approximate surface area is 106 Å². The summed E-state index contributed by atoms with van der Waals surface area (Å²) in [5.74, 6) is 0.0577. The van der Waals surface area contributed by atoms with Crippen molar-refractivity contribution >= 4 is 11.9 Å². The molecule has 1 aromatic rings. The van der Waals surface area contributed by atoms with Crippen LogP contribution in [-0.2, 0) is 16.1 Å². The van der Waals surface area contributed by atoms with E-state index in [9.17, 15) is 4.79 Å². The summed E-state index contributed by atoms with van der Waals surface area (Å²) in [7, 11) is 0. The molecule has 0 unspecified atom stereocenters. The lowest BCUT2D eigenvalue weighted by Crippen LogP contribution is -2.31. The number of hydrogen-bond donors (Lipinski definition) is 2. The summed E-state index contributed by atoms with van der Waals surface area (Å²) in [6, 6.07) is 0. The highest BCUT2D eigenvalue weighted by Crippen LogP contribution is 2.20. The first-order valence-electron chi connectivity index (χ1n) is 6.27. The van der Waals surface area contributed by atoms with Gasteiger partial charge in [-0.05, 0) is 12.8 Å². The Bertz CT molecular complexity index is 387. The van der Waals surface area contributed by atoms with E-state index in [1.165, 1.54) is 23.9 Å². The van der Waals surface area contributed by atoms with Gasteiger partial charge in [-0.25, -0.2) is 9.67 Å². The molecule has 0 spiro atoms. The van der Waals surface area contributed by atoms with Gasteiger partial charge in [0.15, 0.2) is 0 Å². The molecule has 1 amide bonds. The number of carbonyl (C=O) groups excluding carboxylic acids is 1. The molecule has 100 valence electrons. The van der Waals surface area contributed by atoms with E-state index >= 15 is 0 Å². The quantitative estimate of drug-likeness (QED) is 0.692. The number of ether oxygens (including phenoxy) is 1. The number of hydrogen-bond acceptors (Lipinski definition) is 5. The van der Waals surface area contributed by atoms with Crippen molar-refractivity contribution in [1.82, 2.24) is 20.1 Å². The second-order valence-corrected chi connectivity index (χ2v) is 4.43. The molecule has 0 aliphatic heterocycles. The number of nitrogens with two attached hydrogens (primary N) is 1. The van der Waals surface area contributed by atoms with Gasteiger partial charge in [0.1, 0.15) is 12.9 Å². The Morgan fingerprint density at radius 3 is 3.00 bits per heavy atom. The minimum Gasteiger partial charge on any atom is -0.376 e. The van der Waals surface area contributed by atoms with Crippen LogP contribution in [0.15, 0.2) is 6.33 Å². The summed E-state index contributed by atoms with van der Waals surface area (Å²) in [5.41, 5.74) is 5.35. The molecule has 1 fully saturated rings. The second kappa shape index (κ2) is 6.34. The summed E-state index contributed by atoms with van der Waals surface area (Å²) in [5, 5.41) is 6.60. The summed E-state index contributed by atoms with van der Waals surface area (Å²) in [6.45, 7) is 1.23. The standard InChI is InChI=1S/C11H19N5O2/c12-11-14-8-16(15-11)7-10(17)13-5-6-18-9-3-1-2-4-9/h8-9H,1-7H2,(H2,12,15)(H,13,17). The molecular formula is C11H19N5O2. The fourth-order valence-corrected chi connectivity index (χ4v) is 2.06. The highest BCUT2D eigenvalue weighted by molar-refractivity contribution is 5.75. The molecule has 3 N–H and O–H groups in total. The molecule has 0 radical (unpaired) electrons. The van der Waals surface area contributed by atoms with Gasteiger partial charge in [-0.3, -0.25) is 4.79 Å². The van der Waals surface area contributed by atoms with Gasteiger partial charge >= 0.3 is 0 Å². The van der Waals surface area contributed by atoms with E-state index < -0.39 is 0 Å². The number of nitrogen functional groups attached to an aromatic ring is 1. The number of anilines is 1. The maximum Gasteiger partial charge on any atom is 0.241 e. The Morgan fingerprint density at radius 2 is 2.33 bits per heavy atom. The zero-order valence-corrected chi connectivity index (χ0v) is 10.3. The van der Waals surface area contributed by atoms with Crippen molar-refractivity contribution in [1.29, 1.82) is 0 Å². The summed E-state index contributed by atoms with van der Waals surface area (Å²) < 4.78 is 7.04. The summed E-state index contributed by atoms with van der Waals surface area (Å²) >= 11 is 0. The number of amides is 1. The normalized spacial score (nSPS) is 16.0. The molecule has 2 rings (SSSR count). The van der Waals surface area contributed by atoms with Crippen molar-refractivity contribution in [3.63, 3.8) is 0 Å². The molecule has 1 aliphatic rings. The van der Waals surface area contributed by atoms with Crippen LogP contribution < -0.4 is 11.1 Å². The maximum absolute atomic E-state index is 11.5. The Morgan fingerprint density at radius 1 is 1.56 bits per heavy atom. The van der Waals surface area contributed by atoms with Crippen molar-refractivity contribution in [3.05, 3.63) is 6.33 Å². The summed E-state index contributed by atoms with van der Waals surface area (Å²) in [4.78, 5) is 15.3. The zero-order chi connectivity index (χ0) is 12.8. The highest BCUT2D eigenvalue weighted by atomic mass is 16.5. The van der Waals surface area contributed by atoms with Crippen molar-refractivity contribution in [2.24, 2.45) is 0 Å². The lowest BCUT2D eigenvalue weighted by Gasteiger charge is -2.11. The first-order chi connectivity index (χ1) is 8.74. The van der Waals surface area contributed by atoms with Crippen LogP contribution in [0.25, 0.3) is 0 Å². The van der Waals surface area contributed by atoms with Gasteiger partial charge in [-0.15, -0.1) is 5.10 Å². The summed E-state index contributed by atoms with van der Waals surface area (Å²) in [6.07, 6.45) is 6.62. The molecule has 7 heteroatoms. The number of nitrogens with zero attached hydrogens (tertiary/aromatic N) is 3.